The van der Waals surface area contributed by atoms with E-state index in [0.717, 1.165) is 11.4 Å². The summed E-state index contributed by atoms with van der Waals surface area (Å²) in [5, 5.41) is 0. The lowest BCUT2D eigenvalue weighted by Crippen LogP contribution is -2.18. The summed E-state index contributed by atoms with van der Waals surface area (Å²) in [5.74, 6) is 1.04. The van der Waals surface area contributed by atoms with Crippen molar-refractivity contribution in [2.75, 3.05) is 11.9 Å². The molecule has 0 amide bonds. The van der Waals surface area contributed by atoms with Gasteiger partial charge in [-0.3, -0.25) is 0 Å². The Labute approximate surface area is 111 Å². The summed E-state index contributed by atoms with van der Waals surface area (Å²) >= 11 is 5.78. The molecule has 0 saturated heterocycles. The molecule has 0 spiro atoms. The number of nitrogens with zero attached hydrogens (tertiary/aromatic N) is 2. The van der Waals surface area contributed by atoms with Crippen LogP contribution in [0.1, 0.15) is 11.1 Å². The van der Waals surface area contributed by atoms with Crippen LogP contribution < -0.4 is 4.90 Å². The number of halogens is 2. The first-order chi connectivity index (χ1) is 8.70. The van der Waals surface area contributed by atoms with E-state index in [2.05, 4.69) is 4.98 Å². The summed E-state index contributed by atoms with van der Waals surface area (Å²) in [5.41, 5.74) is 1.65. The Bertz CT molecular complexity index is 531. The van der Waals surface area contributed by atoms with Crippen LogP contribution in [0, 0.1) is 5.82 Å². The highest BCUT2D eigenvalue weighted by Gasteiger charge is 2.07. The third kappa shape index (κ3) is 2.99. The third-order valence-corrected chi connectivity index (χ3v) is 3.03. The second-order valence-corrected chi connectivity index (χ2v) is 4.37. The summed E-state index contributed by atoms with van der Waals surface area (Å²) in [7, 11) is 1.88. The van der Waals surface area contributed by atoms with Crippen molar-refractivity contribution in [3.05, 3.63) is 59.5 Å². The molecule has 1 aromatic carbocycles. The van der Waals surface area contributed by atoms with Gasteiger partial charge in [0.25, 0.3) is 0 Å². The zero-order chi connectivity index (χ0) is 13.0. The summed E-state index contributed by atoms with van der Waals surface area (Å²) in [6.45, 7) is 0.478. The molecule has 0 radical (unpaired) electrons. The Hall–Kier alpha value is -1.61. The van der Waals surface area contributed by atoms with Gasteiger partial charge in [0.05, 0.1) is 0 Å². The average Bonchev–Trinajstić information content (AvgIpc) is 2.41. The fourth-order valence-electron chi connectivity index (χ4n) is 1.72. The topological polar surface area (TPSA) is 16.1 Å². The second kappa shape index (κ2) is 5.83. The zero-order valence-corrected chi connectivity index (χ0v) is 10.9. The molecular formula is C14H14ClFN2. The third-order valence-electron chi connectivity index (χ3n) is 2.72. The normalized spacial score (nSPS) is 10.4. The Balaban J connectivity index is 2.16. The Kier molecular flexibility index (Phi) is 4.15. The van der Waals surface area contributed by atoms with E-state index in [-0.39, 0.29) is 5.82 Å². The van der Waals surface area contributed by atoms with Gasteiger partial charge in [0.15, 0.2) is 0 Å². The van der Waals surface area contributed by atoms with Crippen molar-refractivity contribution >= 4 is 17.4 Å². The maximum absolute atomic E-state index is 13.5. The number of rotatable bonds is 4. The Morgan fingerprint density at radius 1 is 1.28 bits per heavy atom. The average molecular weight is 265 g/mol. The van der Waals surface area contributed by atoms with Crippen LogP contribution in [0.3, 0.4) is 0 Å². The van der Waals surface area contributed by atoms with Gasteiger partial charge < -0.3 is 4.90 Å². The van der Waals surface area contributed by atoms with E-state index >= 15 is 0 Å². The SMILES string of the molecule is CN(Cc1ccccc1F)c1cc(CCl)ccn1. The van der Waals surface area contributed by atoms with Gasteiger partial charge in [-0.2, -0.15) is 0 Å². The summed E-state index contributed by atoms with van der Waals surface area (Å²) in [6.07, 6.45) is 1.71. The molecule has 0 aliphatic carbocycles. The first-order valence-electron chi connectivity index (χ1n) is 5.66. The van der Waals surface area contributed by atoms with E-state index in [1.54, 1.807) is 18.3 Å². The molecule has 0 fully saturated rings. The summed E-state index contributed by atoms with van der Waals surface area (Å²) in [4.78, 5) is 6.16. The number of aromatic nitrogens is 1. The van der Waals surface area contributed by atoms with Crippen molar-refractivity contribution in [3.8, 4) is 0 Å². The first kappa shape index (κ1) is 12.8. The first-order valence-corrected chi connectivity index (χ1v) is 6.19. The lowest BCUT2D eigenvalue weighted by atomic mass is 10.2. The van der Waals surface area contributed by atoms with E-state index in [1.807, 2.05) is 30.1 Å². The molecule has 2 rings (SSSR count). The van der Waals surface area contributed by atoms with Crippen molar-refractivity contribution in [1.29, 1.82) is 0 Å². The zero-order valence-electron chi connectivity index (χ0n) is 10.1. The summed E-state index contributed by atoms with van der Waals surface area (Å²) < 4.78 is 13.5. The molecule has 4 heteroatoms. The molecular weight excluding hydrogens is 251 g/mol. The number of pyridine rings is 1. The minimum atomic E-state index is -0.196. The molecule has 1 aromatic heterocycles. The predicted octanol–water partition coefficient (Wildman–Crippen LogP) is 3.60. The highest BCUT2D eigenvalue weighted by molar-refractivity contribution is 6.17. The minimum Gasteiger partial charge on any atom is -0.355 e. The molecule has 0 aliphatic rings. The standard InChI is InChI=1S/C14H14ClFN2/c1-18(10-12-4-2-3-5-13(12)16)14-8-11(9-15)6-7-17-14/h2-8H,9-10H2,1H3. The quantitative estimate of drug-likeness (QED) is 0.785. The Morgan fingerprint density at radius 3 is 2.78 bits per heavy atom. The van der Waals surface area contributed by atoms with Gasteiger partial charge in [0, 0.05) is 31.2 Å². The molecule has 0 N–H and O–H groups in total. The van der Waals surface area contributed by atoms with Crippen LogP contribution in [0.15, 0.2) is 42.6 Å². The number of benzene rings is 1. The van der Waals surface area contributed by atoms with Gasteiger partial charge in [-0.25, -0.2) is 9.37 Å². The van der Waals surface area contributed by atoms with Gasteiger partial charge in [-0.1, -0.05) is 18.2 Å². The van der Waals surface area contributed by atoms with Crippen molar-refractivity contribution in [3.63, 3.8) is 0 Å². The predicted molar refractivity (Wildman–Crippen MR) is 72.3 cm³/mol. The summed E-state index contributed by atoms with van der Waals surface area (Å²) in [6, 6.07) is 10.5. The highest BCUT2D eigenvalue weighted by Crippen LogP contribution is 2.16. The molecule has 0 aliphatic heterocycles. The number of hydrogen-bond acceptors (Lipinski definition) is 2. The molecule has 0 atom stereocenters. The molecule has 18 heavy (non-hydrogen) atoms. The van der Waals surface area contributed by atoms with Crippen molar-refractivity contribution in [1.82, 2.24) is 4.98 Å². The molecule has 2 aromatic rings. The van der Waals surface area contributed by atoms with Crippen molar-refractivity contribution < 1.29 is 4.39 Å². The smallest absolute Gasteiger partial charge is 0.128 e. The number of anilines is 1. The largest absolute Gasteiger partial charge is 0.355 e. The van der Waals surface area contributed by atoms with Gasteiger partial charge in [-0.05, 0) is 23.8 Å². The van der Waals surface area contributed by atoms with E-state index in [0.29, 0.717) is 18.0 Å². The second-order valence-electron chi connectivity index (χ2n) is 4.10. The van der Waals surface area contributed by atoms with Crippen LogP contribution in [0.25, 0.3) is 0 Å². The molecule has 0 bridgehead atoms. The minimum absolute atomic E-state index is 0.196. The van der Waals surface area contributed by atoms with Crippen LogP contribution in [-0.4, -0.2) is 12.0 Å². The number of alkyl halides is 1. The highest BCUT2D eigenvalue weighted by atomic mass is 35.5. The van der Waals surface area contributed by atoms with Crippen LogP contribution in [0.4, 0.5) is 10.2 Å². The fraction of sp³-hybridized carbons (Fsp3) is 0.214. The number of hydrogen-bond donors (Lipinski definition) is 0. The molecule has 94 valence electrons. The monoisotopic (exact) mass is 264 g/mol. The molecule has 0 saturated carbocycles. The lowest BCUT2D eigenvalue weighted by molar-refractivity contribution is 0.607. The van der Waals surface area contributed by atoms with Gasteiger partial charge >= 0.3 is 0 Å². The van der Waals surface area contributed by atoms with Crippen LogP contribution in [0.5, 0.6) is 0 Å². The van der Waals surface area contributed by atoms with Crippen LogP contribution in [0.2, 0.25) is 0 Å². The van der Waals surface area contributed by atoms with E-state index < -0.39 is 0 Å². The maximum Gasteiger partial charge on any atom is 0.128 e. The van der Waals surface area contributed by atoms with E-state index in [9.17, 15) is 4.39 Å². The van der Waals surface area contributed by atoms with E-state index in [4.69, 9.17) is 11.6 Å². The Morgan fingerprint density at radius 2 is 2.06 bits per heavy atom. The molecule has 2 nitrogen and oxygen atoms in total. The van der Waals surface area contributed by atoms with Gasteiger partial charge in [-0.15, -0.1) is 11.6 Å². The van der Waals surface area contributed by atoms with E-state index in [1.165, 1.54) is 6.07 Å². The van der Waals surface area contributed by atoms with Crippen molar-refractivity contribution in [2.45, 2.75) is 12.4 Å². The lowest BCUT2D eigenvalue weighted by Gasteiger charge is -2.19. The molecule has 0 unspecified atom stereocenters. The van der Waals surface area contributed by atoms with Crippen molar-refractivity contribution in [2.24, 2.45) is 0 Å². The molecule has 1 heterocycles. The van der Waals surface area contributed by atoms with Crippen LogP contribution >= 0.6 is 11.6 Å². The van der Waals surface area contributed by atoms with Crippen LogP contribution in [-0.2, 0) is 12.4 Å². The van der Waals surface area contributed by atoms with Gasteiger partial charge in [0.1, 0.15) is 11.6 Å². The fourth-order valence-corrected chi connectivity index (χ4v) is 1.88. The maximum atomic E-state index is 13.5. The van der Waals surface area contributed by atoms with Gasteiger partial charge in [0.2, 0.25) is 0 Å².